The second-order valence-corrected chi connectivity index (χ2v) is 7.29. The van der Waals surface area contributed by atoms with E-state index in [1.165, 1.54) is 30.6 Å². The molecule has 8 nitrogen and oxygen atoms in total. The zero-order chi connectivity index (χ0) is 24.1. The summed E-state index contributed by atoms with van der Waals surface area (Å²) in [7, 11) is 1.41. The summed E-state index contributed by atoms with van der Waals surface area (Å²) in [5.74, 6) is 12.7. The van der Waals surface area contributed by atoms with Crippen molar-refractivity contribution in [3.63, 3.8) is 0 Å². The Balaban J connectivity index is 0. The third-order valence-electron chi connectivity index (χ3n) is 3.47. The van der Waals surface area contributed by atoms with Gasteiger partial charge in [0.1, 0.15) is 10.5 Å². The van der Waals surface area contributed by atoms with Crippen molar-refractivity contribution < 1.29 is 19.4 Å². The van der Waals surface area contributed by atoms with Gasteiger partial charge in [0.05, 0.1) is 7.11 Å². The SMILES string of the molecule is CCO.COC(=O)C(SC)c1ccccc1.CSC(C(=O)NN)c1ccccc1.NN. The lowest BCUT2D eigenvalue weighted by Gasteiger charge is -2.12. The van der Waals surface area contributed by atoms with E-state index in [1.54, 1.807) is 6.92 Å². The highest BCUT2D eigenvalue weighted by Gasteiger charge is 2.19. The fraction of sp³-hybridized carbons (Fsp3) is 0.333. The maximum Gasteiger partial charge on any atom is 0.323 e. The molecule has 0 aromatic heterocycles. The molecule has 31 heavy (non-hydrogen) atoms. The summed E-state index contributed by atoms with van der Waals surface area (Å²) in [6, 6.07) is 19.2. The minimum atomic E-state index is -0.216. The van der Waals surface area contributed by atoms with Gasteiger partial charge in [-0.2, -0.15) is 0 Å². The van der Waals surface area contributed by atoms with E-state index in [9.17, 15) is 9.59 Å². The van der Waals surface area contributed by atoms with Gasteiger partial charge in [-0.05, 0) is 30.6 Å². The van der Waals surface area contributed by atoms with Crippen LogP contribution in [0.25, 0.3) is 0 Å². The summed E-state index contributed by atoms with van der Waals surface area (Å²) < 4.78 is 4.70. The van der Waals surface area contributed by atoms with Crippen molar-refractivity contribution in [3.8, 4) is 0 Å². The lowest BCUT2D eigenvalue weighted by molar-refractivity contribution is -0.140. The standard InChI is InChI=1S/C10H12O2S.C9H12N2OS.C2H6O.H4N2/c1-12-10(11)9(13-2)8-6-4-3-5-7-8;1-13-8(9(12)11-10)7-5-3-2-4-6-7;1-2-3;1-2/h3-7,9H,1-2H3;2-6,8H,10H2,1H3,(H,11,12);3H,2H2,1H3;1-2H2. The predicted molar refractivity (Wildman–Crippen MR) is 131 cm³/mol. The van der Waals surface area contributed by atoms with Gasteiger partial charge in [0.15, 0.2) is 0 Å². The number of methoxy groups -OCH3 is 1. The average Bonchev–Trinajstić information content (AvgIpc) is 2.83. The first kappa shape index (κ1) is 31.1. The molecule has 1 amide bonds. The fourth-order valence-electron chi connectivity index (χ4n) is 2.20. The van der Waals surface area contributed by atoms with Gasteiger partial charge in [0.25, 0.3) is 5.91 Å². The van der Waals surface area contributed by atoms with Crippen molar-refractivity contribution in [2.24, 2.45) is 17.5 Å². The molecule has 0 heterocycles. The predicted octanol–water partition coefficient (Wildman–Crippen LogP) is 2.16. The van der Waals surface area contributed by atoms with Crippen LogP contribution in [-0.4, -0.2) is 43.2 Å². The highest BCUT2D eigenvalue weighted by molar-refractivity contribution is 7.99. The molecule has 8 N–H and O–H groups in total. The van der Waals surface area contributed by atoms with Crippen LogP contribution in [0.4, 0.5) is 0 Å². The molecule has 0 aliphatic carbocycles. The number of hydrazine groups is 2. The van der Waals surface area contributed by atoms with Crippen LogP contribution in [0.15, 0.2) is 60.7 Å². The first-order valence-corrected chi connectivity index (χ1v) is 11.8. The van der Waals surface area contributed by atoms with E-state index in [1.807, 2.05) is 73.2 Å². The topological polar surface area (TPSA) is 154 Å². The highest BCUT2D eigenvalue weighted by Crippen LogP contribution is 2.27. The Bertz CT molecular complexity index is 635. The summed E-state index contributed by atoms with van der Waals surface area (Å²) in [5.41, 5.74) is 4.11. The molecule has 2 unspecified atom stereocenters. The second-order valence-electron chi connectivity index (χ2n) is 5.40. The zero-order valence-electron chi connectivity index (χ0n) is 18.4. The molecule has 0 aliphatic rings. The molecule has 0 saturated heterocycles. The molecule has 0 fully saturated rings. The van der Waals surface area contributed by atoms with Crippen LogP contribution >= 0.6 is 23.5 Å². The second kappa shape index (κ2) is 21.2. The van der Waals surface area contributed by atoms with E-state index in [0.29, 0.717) is 0 Å². The van der Waals surface area contributed by atoms with Crippen molar-refractivity contribution in [2.75, 3.05) is 26.2 Å². The Morgan fingerprint density at radius 2 is 1.29 bits per heavy atom. The minimum Gasteiger partial charge on any atom is -0.468 e. The number of aliphatic hydroxyl groups is 1. The number of rotatable bonds is 6. The smallest absolute Gasteiger partial charge is 0.323 e. The monoisotopic (exact) mass is 470 g/mol. The summed E-state index contributed by atoms with van der Waals surface area (Å²) in [4.78, 5) is 22.6. The van der Waals surface area contributed by atoms with E-state index in [2.05, 4.69) is 17.1 Å². The van der Waals surface area contributed by atoms with Gasteiger partial charge in [-0.25, -0.2) is 5.84 Å². The number of nitrogens with two attached hydrogens (primary N) is 3. The van der Waals surface area contributed by atoms with E-state index in [-0.39, 0.29) is 29.0 Å². The Kier molecular flexibility index (Phi) is 21.2. The Labute approximate surface area is 193 Å². The average molecular weight is 471 g/mol. The van der Waals surface area contributed by atoms with E-state index in [4.69, 9.17) is 15.7 Å². The Hall–Kier alpha value is -2.08. The number of carbonyl (C=O) groups excluding carboxylic acids is 2. The van der Waals surface area contributed by atoms with Crippen molar-refractivity contribution in [2.45, 2.75) is 17.4 Å². The van der Waals surface area contributed by atoms with Gasteiger partial charge in [-0.15, -0.1) is 23.5 Å². The zero-order valence-corrected chi connectivity index (χ0v) is 20.0. The maximum absolute atomic E-state index is 11.3. The van der Waals surface area contributed by atoms with Gasteiger partial charge in [0, 0.05) is 6.61 Å². The number of aliphatic hydroxyl groups excluding tert-OH is 1. The molecule has 0 bridgehead atoms. The van der Waals surface area contributed by atoms with Crippen LogP contribution in [-0.2, 0) is 14.3 Å². The van der Waals surface area contributed by atoms with Crippen LogP contribution in [0.5, 0.6) is 0 Å². The number of carbonyl (C=O) groups is 2. The number of esters is 1. The fourth-order valence-corrected chi connectivity index (χ4v) is 3.63. The van der Waals surface area contributed by atoms with E-state index < -0.39 is 0 Å². The van der Waals surface area contributed by atoms with Crippen molar-refractivity contribution in [3.05, 3.63) is 71.8 Å². The lowest BCUT2D eigenvalue weighted by atomic mass is 10.1. The summed E-state index contributed by atoms with van der Waals surface area (Å²) >= 11 is 2.94. The number of hydrogen-bond donors (Lipinski definition) is 5. The number of nitrogens with one attached hydrogen (secondary N) is 1. The van der Waals surface area contributed by atoms with Crippen molar-refractivity contribution in [1.82, 2.24) is 5.43 Å². The molecule has 0 saturated carbocycles. The van der Waals surface area contributed by atoms with Crippen molar-refractivity contribution in [1.29, 1.82) is 0 Å². The molecule has 2 aromatic carbocycles. The molecule has 2 atom stereocenters. The summed E-state index contributed by atoms with van der Waals surface area (Å²) in [6.45, 7) is 1.93. The van der Waals surface area contributed by atoms with Crippen LogP contribution in [0.1, 0.15) is 28.6 Å². The van der Waals surface area contributed by atoms with Crippen molar-refractivity contribution >= 4 is 35.4 Å². The number of amides is 1. The molecular weight excluding hydrogens is 436 g/mol. The molecule has 0 aliphatic heterocycles. The molecule has 174 valence electrons. The van der Waals surface area contributed by atoms with Gasteiger partial charge in [-0.1, -0.05) is 60.7 Å². The molecule has 0 spiro atoms. The van der Waals surface area contributed by atoms with Gasteiger partial charge >= 0.3 is 5.97 Å². The third kappa shape index (κ3) is 13.0. The van der Waals surface area contributed by atoms with Gasteiger partial charge < -0.3 is 9.84 Å². The van der Waals surface area contributed by atoms with Gasteiger partial charge in [-0.3, -0.25) is 26.7 Å². The maximum atomic E-state index is 11.3. The molecule has 0 radical (unpaired) electrons. The molecular formula is C21H34N4O4S2. The third-order valence-corrected chi connectivity index (χ3v) is 5.37. The number of ether oxygens (including phenoxy) is 1. The Morgan fingerprint density at radius 1 is 0.935 bits per heavy atom. The quantitative estimate of drug-likeness (QED) is 0.185. The summed E-state index contributed by atoms with van der Waals surface area (Å²) in [6.07, 6.45) is 3.78. The first-order chi connectivity index (χ1) is 15.0. The van der Waals surface area contributed by atoms with Crippen LogP contribution in [0.2, 0.25) is 0 Å². The number of thioether (sulfide) groups is 2. The van der Waals surface area contributed by atoms with Crippen LogP contribution in [0, 0.1) is 0 Å². The Morgan fingerprint density at radius 3 is 1.58 bits per heavy atom. The molecule has 2 rings (SSSR count). The first-order valence-electron chi connectivity index (χ1n) is 9.18. The van der Waals surface area contributed by atoms with E-state index >= 15 is 0 Å². The number of hydrogen-bond acceptors (Lipinski definition) is 9. The molecule has 10 heteroatoms. The summed E-state index contributed by atoms with van der Waals surface area (Å²) in [5, 5.41) is 7.15. The van der Waals surface area contributed by atoms with Gasteiger partial charge in [0.2, 0.25) is 0 Å². The lowest BCUT2D eigenvalue weighted by Crippen LogP contribution is -2.33. The van der Waals surface area contributed by atoms with Crippen LogP contribution < -0.4 is 23.0 Å². The largest absolute Gasteiger partial charge is 0.468 e. The normalized spacial score (nSPS) is 11.0. The highest BCUT2D eigenvalue weighted by atomic mass is 32.2. The minimum absolute atomic E-state index is 0.168. The number of benzene rings is 2. The van der Waals surface area contributed by atoms with E-state index in [0.717, 1.165) is 11.1 Å². The molecule has 2 aromatic rings. The van der Waals surface area contributed by atoms with Crippen LogP contribution in [0.3, 0.4) is 0 Å².